The molecule has 0 bridgehead atoms. The molecule has 0 radical (unpaired) electrons. The molecule has 2 N–H and O–H groups in total. The zero-order chi connectivity index (χ0) is 12.3. The number of hydrogen-bond donors (Lipinski definition) is 1. The Labute approximate surface area is 103 Å². The van der Waals surface area contributed by atoms with Crippen molar-refractivity contribution in [1.82, 2.24) is 14.9 Å². The maximum atomic E-state index is 5.69. The van der Waals surface area contributed by atoms with Gasteiger partial charge in [-0.05, 0) is 25.4 Å². The lowest BCUT2D eigenvalue weighted by Gasteiger charge is -2.15. The fraction of sp³-hybridized carbons (Fsp3) is 0.692. The maximum Gasteiger partial charge on any atom is 0.130 e. The molecular weight excluding hydrogens is 212 g/mol. The number of rotatable bonds is 4. The summed E-state index contributed by atoms with van der Waals surface area (Å²) in [6.07, 6.45) is 5.14. The third-order valence-corrected chi connectivity index (χ3v) is 3.35. The van der Waals surface area contributed by atoms with E-state index in [0.717, 1.165) is 32.0 Å². The second-order valence-electron chi connectivity index (χ2n) is 5.23. The number of hydrogen-bond acceptors (Lipinski definition) is 4. The van der Waals surface area contributed by atoms with E-state index in [-0.39, 0.29) is 0 Å². The minimum absolute atomic E-state index is 0.400. The summed E-state index contributed by atoms with van der Waals surface area (Å²) >= 11 is 0. The minimum atomic E-state index is 0.400. The van der Waals surface area contributed by atoms with E-state index < -0.39 is 0 Å². The zero-order valence-corrected chi connectivity index (χ0v) is 10.8. The first-order chi connectivity index (χ1) is 8.19. The van der Waals surface area contributed by atoms with Gasteiger partial charge < -0.3 is 5.73 Å². The SMILES string of the molecule is CC(C)c1ncc(CN2CCC(CN)C2)cn1. The summed E-state index contributed by atoms with van der Waals surface area (Å²) in [5, 5.41) is 0. The average molecular weight is 234 g/mol. The lowest BCUT2D eigenvalue weighted by atomic mass is 10.1. The topological polar surface area (TPSA) is 55.0 Å². The fourth-order valence-electron chi connectivity index (χ4n) is 2.25. The Morgan fingerprint density at radius 3 is 2.65 bits per heavy atom. The Hall–Kier alpha value is -1.00. The molecular formula is C13H22N4. The highest BCUT2D eigenvalue weighted by Crippen LogP contribution is 2.17. The second-order valence-corrected chi connectivity index (χ2v) is 5.23. The fourth-order valence-corrected chi connectivity index (χ4v) is 2.25. The van der Waals surface area contributed by atoms with Gasteiger partial charge in [-0.15, -0.1) is 0 Å². The minimum Gasteiger partial charge on any atom is -0.330 e. The monoisotopic (exact) mass is 234 g/mol. The molecule has 0 aromatic carbocycles. The lowest BCUT2D eigenvalue weighted by molar-refractivity contribution is 0.317. The van der Waals surface area contributed by atoms with E-state index in [0.29, 0.717) is 11.8 Å². The quantitative estimate of drug-likeness (QED) is 0.855. The first-order valence-corrected chi connectivity index (χ1v) is 6.42. The first-order valence-electron chi connectivity index (χ1n) is 6.42. The summed E-state index contributed by atoms with van der Waals surface area (Å²) in [5.41, 5.74) is 6.89. The van der Waals surface area contributed by atoms with Crippen LogP contribution in [-0.4, -0.2) is 34.5 Å². The van der Waals surface area contributed by atoms with Crippen LogP contribution in [0.15, 0.2) is 12.4 Å². The maximum absolute atomic E-state index is 5.69. The van der Waals surface area contributed by atoms with Crippen molar-refractivity contribution < 1.29 is 0 Å². The Morgan fingerprint density at radius 2 is 2.12 bits per heavy atom. The number of nitrogens with zero attached hydrogens (tertiary/aromatic N) is 3. The average Bonchev–Trinajstić information content (AvgIpc) is 2.77. The number of aromatic nitrogens is 2. The van der Waals surface area contributed by atoms with Gasteiger partial charge in [-0.3, -0.25) is 4.90 Å². The molecule has 4 heteroatoms. The van der Waals surface area contributed by atoms with Crippen molar-refractivity contribution in [2.75, 3.05) is 19.6 Å². The van der Waals surface area contributed by atoms with Gasteiger partial charge in [-0.1, -0.05) is 13.8 Å². The van der Waals surface area contributed by atoms with Crippen molar-refractivity contribution in [3.63, 3.8) is 0 Å². The highest BCUT2D eigenvalue weighted by Gasteiger charge is 2.21. The highest BCUT2D eigenvalue weighted by atomic mass is 15.1. The third kappa shape index (κ3) is 3.23. The molecule has 1 aromatic rings. The molecule has 1 aromatic heterocycles. The smallest absolute Gasteiger partial charge is 0.130 e. The van der Waals surface area contributed by atoms with Gasteiger partial charge in [-0.25, -0.2) is 9.97 Å². The predicted octanol–water partition coefficient (Wildman–Crippen LogP) is 1.38. The van der Waals surface area contributed by atoms with E-state index in [1.54, 1.807) is 0 Å². The van der Waals surface area contributed by atoms with Crippen molar-refractivity contribution in [2.45, 2.75) is 32.7 Å². The highest BCUT2D eigenvalue weighted by molar-refractivity contribution is 5.07. The summed E-state index contributed by atoms with van der Waals surface area (Å²) in [5.74, 6) is 2.00. The van der Waals surface area contributed by atoms with Gasteiger partial charge in [-0.2, -0.15) is 0 Å². The number of likely N-dealkylation sites (tertiary alicyclic amines) is 1. The van der Waals surface area contributed by atoms with Gasteiger partial charge in [0.05, 0.1) is 0 Å². The van der Waals surface area contributed by atoms with E-state index in [2.05, 4.69) is 28.7 Å². The van der Waals surface area contributed by atoms with Crippen LogP contribution in [0.1, 0.15) is 37.6 Å². The Bertz CT molecular complexity index is 347. The van der Waals surface area contributed by atoms with E-state index in [4.69, 9.17) is 5.73 Å². The Kier molecular flexibility index (Phi) is 4.07. The molecule has 1 atom stereocenters. The van der Waals surface area contributed by atoms with Crippen LogP contribution in [0.25, 0.3) is 0 Å². The standard InChI is InChI=1S/C13H22N4/c1-10(2)13-15-6-12(7-16-13)9-17-4-3-11(5-14)8-17/h6-7,10-11H,3-5,8-9,14H2,1-2H3. The van der Waals surface area contributed by atoms with Crippen LogP contribution >= 0.6 is 0 Å². The molecule has 2 rings (SSSR count). The van der Waals surface area contributed by atoms with Gasteiger partial charge in [0.1, 0.15) is 5.82 Å². The molecule has 1 aliphatic rings. The molecule has 2 heterocycles. The molecule has 94 valence electrons. The van der Waals surface area contributed by atoms with Crippen LogP contribution < -0.4 is 5.73 Å². The van der Waals surface area contributed by atoms with Crippen molar-refractivity contribution in [1.29, 1.82) is 0 Å². The lowest BCUT2D eigenvalue weighted by Crippen LogP contribution is -2.23. The number of nitrogens with two attached hydrogens (primary N) is 1. The van der Waals surface area contributed by atoms with Crippen LogP contribution in [0.3, 0.4) is 0 Å². The molecule has 1 unspecified atom stereocenters. The first kappa shape index (κ1) is 12.5. The largest absolute Gasteiger partial charge is 0.330 e. The predicted molar refractivity (Wildman–Crippen MR) is 68.6 cm³/mol. The van der Waals surface area contributed by atoms with Crippen LogP contribution in [0.2, 0.25) is 0 Å². The van der Waals surface area contributed by atoms with Crippen molar-refractivity contribution in [3.05, 3.63) is 23.8 Å². The second kappa shape index (κ2) is 5.56. The zero-order valence-electron chi connectivity index (χ0n) is 10.8. The van der Waals surface area contributed by atoms with Gasteiger partial charge in [0, 0.05) is 37.0 Å². The van der Waals surface area contributed by atoms with Crippen LogP contribution in [0.5, 0.6) is 0 Å². The molecule has 0 aliphatic carbocycles. The summed E-state index contributed by atoms with van der Waals surface area (Å²) in [4.78, 5) is 11.2. The molecule has 17 heavy (non-hydrogen) atoms. The normalized spacial score (nSPS) is 21.3. The molecule has 0 amide bonds. The van der Waals surface area contributed by atoms with Crippen LogP contribution in [0.4, 0.5) is 0 Å². The summed E-state index contributed by atoms with van der Waals surface area (Å²) in [6.45, 7) is 8.24. The van der Waals surface area contributed by atoms with Gasteiger partial charge in [0.25, 0.3) is 0 Å². The van der Waals surface area contributed by atoms with Gasteiger partial charge >= 0.3 is 0 Å². The van der Waals surface area contributed by atoms with E-state index >= 15 is 0 Å². The van der Waals surface area contributed by atoms with Crippen molar-refractivity contribution in [3.8, 4) is 0 Å². The summed E-state index contributed by atoms with van der Waals surface area (Å²) < 4.78 is 0. The third-order valence-electron chi connectivity index (χ3n) is 3.35. The summed E-state index contributed by atoms with van der Waals surface area (Å²) in [6, 6.07) is 0. The van der Waals surface area contributed by atoms with E-state index in [9.17, 15) is 0 Å². The van der Waals surface area contributed by atoms with Gasteiger partial charge in [0.15, 0.2) is 0 Å². The molecule has 1 saturated heterocycles. The molecule has 0 spiro atoms. The Balaban J connectivity index is 1.91. The Morgan fingerprint density at radius 1 is 1.41 bits per heavy atom. The van der Waals surface area contributed by atoms with Crippen LogP contribution in [-0.2, 0) is 6.54 Å². The van der Waals surface area contributed by atoms with Crippen molar-refractivity contribution in [2.24, 2.45) is 11.7 Å². The van der Waals surface area contributed by atoms with E-state index in [1.165, 1.54) is 12.0 Å². The molecule has 1 fully saturated rings. The van der Waals surface area contributed by atoms with Crippen molar-refractivity contribution >= 4 is 0 Å². The molecule has 1 aliphatic heterocycles. The van der Waals surface area contributed by atoms with E-state index in [1.807, 2.05) is 12.4 Å². The van der Waals surface area contributed by atoms with Gasteiger partial charge in [0.2, 0.25) is 0 Å². The van der Waals surface area contributed by atoms with Crippen LogP contribution in [0, 0.1) is 5.92 Å². The molecule has 4 nitrogen and oxygen atoms in total. The summed E-state index contributed by atoms with van der Waals surface area (Å²) in [7, 11) is 0. The molecule has 0 saturated carbocycles.